The summed E-state index contributed by atoms with van der Waals surface area (Å²) in [5, 5.41) is 0. The van der Waals surface area contributed by atoms with Crippen LogP contribution in [0.2, 0.25) is 0 Å². The van der Waals surface area contributed by atoms with Crippen LogP contribution in [0.1, 0.15) is 22.3 Å². The molecule has 2 N–H and O–H groups in total. The zero-order valence-corrected chi connectivity index (χ0v) is 10.9. The summed E-state index contributed by atoms with van der Waals surface area (Å²) in [4.78, 5) is 19.8. The summed E-state index contributed by atoms with van der Waals surface area (Å²) in [5.41, 5.74) is 10.7. The van der Waals surface area contributed by atoms with Gasteiger partial charge in [0.1, 0.15) is 5.75 Å². The maximum atomic E-state index is 11.0. The third-order valence-electron chi connectivity index (χ3n) is 3.58. The lowest BCUT2D eigenvalue weighted by atomic mass is 9.93. The van der Waals surface area contributed by atoms with Gasteiger partial charge in [-0.3, -0.25) is 0 Å². The maximum absolute atomic E-state index is 11.0. The number of allylic oxidation sites excluding steroid dienone is 1. The van der Waals surface area contributed by atoms with Gasteiger partial charge in [0.25, 0.3) is 0 Å². The molecule has 0 spiro atoms. The lowest BCUT2D eigenvalue weighted by molar-refractivity contribution is 0.210. The quantitative estimate of drug-likeness (QED) is 0.837. The minimum absolute atomic E-state index is 0.521. The summed E-state index contributed by atoms with van der Waals surface area (Å²) in [6, 6.07) is 0. The summed E-state index contributed by atoms with van der Waals surface area (Å²) in [6.07, 6.45) is 2.84. The molecule has 2 heterocycles. The molecule has 2 aliphatic heterocycles. The first kappa shape index (κ1) is 11.6. The molecule has 1 aromatic rings. The Morgan fingerprint density at radius 2 is 1.95 bits per heavy atom. The monoisotopic (exact) mass is 255 g/mol. The minimum atomic E-state index is -0.804. The summed E-state index contributed by atoms with van der Waals surface area (Å²) in [7, 11) is 0. The van der Waals surface area contributed by atoms with Gasteiger partial charge in [-0.25, -0.2) is 14.8 Å². The standard InChI is InChI=1S/C14H13N3O2/c1-6-7(2)12(19-14(15)18)8(3)10-9-4-5-16-13(9)17-11(6)10/h4-5H,1-3H3,(H2,15,18). The van der Waals surface area contributed by atoms with Crippen molar-refractivity contribution >= 4 is 29.4 Å². The predicted molar refractivity (Wildman–Crippen MR) is 74.4 cm³/mol. The Morgan fingerprint density at radius 1 is 1.21 bits per heavy atom. The summed E-state index contributed by atoms with van der Waals surface area (Å²) in [6.45, 7) is 5.75. The number of nitrogens with two attached hydrogens (primary N) is 1. The molecule has 0 saturated heterocycles. The molecule has 0 radical (unpaired) electrons. The van der Waals surface area contributed by atoms with Crippen molar-refractivity contribution in [3.63, 3.8) is 0 Å². The summed E-state index contributed by atoms with van der Waals surface area (Å²) >= 11 is 0. The van der Waals surface area contributed by atoms with Crippen molar-refractivity contribution in [2.24, 2.45) is 15.7 Å². The number of nitrogens with zero attached hydrogens (tertiary/aromatic N) is 2. The third-order valence-corrected chi connectivity index (χ3v) is 3.58. The van der Waals surface area contributed by atoms with Crippen LogP contribution < -0.4 is 10.5 Å². The number of ether oxygens (including phenoxy) is 1. The van der Waals surface area contributed by atoms with Crippen molar-refractivity contribution in [3.05, 3.63) is 28.3 Å². The molecular weight excluding hydrogens is 242 g/mol. The number of amidine groups is 1. The van der Waals surface area contributed by atoms with Gasteiger partial charge in [-0.2, -0.15) is 0 Å². The van der Waals surface area contributed by atoms with E-state index in [4.69, 9.17) is 10.5 Å². The van der Waals surface area contributed by atoms with Crippen LogP contribution in [0.25, 0.3) is 5.57 Å². The molecule has 2 aliphatic rings. The molecule has 1 amide bonds. The van der Waals surface area contributed by atoms with E-state index < -0.39 is 6.09 Å². The lowest BCUT2D eigenvalue weighted by Crippen LogP contribution is -2.18. The van der Waals surface area contributed by atoms with Gasteiger partial charge >= 0.3 is 6.09 Å². The van der Waals surface area contributed by atoms with E-state index in [1.165, 1.54) is 0 Å². The van der Waals surface area contributed by atoms with Crippen LogP contribution in [-0.2, 0) is 0 Å². The topological polar surface area (TPSA) is 77.0 Å². The first-order valence-electron chi connectivity index (χ1n) is 5.95. The predicted octanol–water partition coefficient (Wildman–Crippen LogP) is 2.58. The number of carbonyl (C=O) groups is 1. The zero-order valence-electron chi connectivity index (χ0n) is 10.9. The van der Waals surface area contributed by atoms with E-state index >= 15 is 0 Å². The Hall–Kier alpha value is -2.43. The van der Waals surface area contributed by atoms with Gasteiger partial charge in [-0.15, -0.1) is 0 Å². The van der Waals surface area contributed by atoms with Gasteiger partial charge in [-0.1, -0.05) is 0 Å². The first-order chi connectivity index (χ1) is 9.00. The summed E-state index contributed by atoms with van der Waals surface area (Å²) < 4.78 is 5.15. The number of amides is 1. The van der Waals surface area contributed by atoms with E-state index in [1.54, 1.807) is 6.21 Å². The van der Waals surface area contributed by atoms with E-state index in [9.17, 15) is 4.79 Å². The fourth-order valence-electron chi connectivity index (χ4n) is 2.55. The second-order valence-corrected chi connectivity index (χ2v) is 4.64. The Kier molecular flexibility index (Phi) is 2.32. The molecule has 96 valence electrons. The van der Waals surface area contributed by atoms with E-state index in [0.717, 1.165) is 39.3 Å². The number of rotatable bonds is 1. The van der Waals surface area contributed by atoms with Gasteiger partial charge < -0.3 is 10.5 Å². The molecule has 1 aromatic carbocycles. The number of primary amides is 1. The smallest absolute Gasteiger partial charge is 0.409 e. The second-order valence-electron chi connectivity index (χ2n) is 4.64. The largest absolute Gasteiger partial charge is 0.410 e. The highest BCUT2D eigenvalue weighted by Crippen LogP contribution is 2.46. The molecule has 0 atom stereocenters. The summed E-state index contributed by atoms with van der Waals surface area (Å²) in [5.74, 6) is 1.24. The van der Waals surface area contributed by atoms with Crippen LogP contribution in [0, 0.1) is 20.8 Å². The molecule has 0 bridgehead atoms. The highest BCUT2D eigenvalue weighted by atomic mass is 16.5. The highest BCUT2D eigenvalue weighted by molar-refractivity contribution is 6.35. The average molecular weight is 255 g/mol. The molecule has 0 saturated carbocycles. The van der Waals surface area contributed by atoms with E-state index in [1.807, 2.05) is 26.8 Å². The van der Waals surface area contributed by atoms with Crippen LogP contribution >= 0.6 is 0 Å². The van der Waals surface area contributed by atoms with Crippen molar-refractivity contribution in [2.75, 3.05) is 0 Å². The SMILES string of the molecule is Cc1c(C)c(OC(N)=O)c(C)c2c1N=C1N=CC=C12. The molecule has 0 fully saturated rings. The highest BCUT2D eigenvalue weighted by Gasteiger charge is 2.29. The van der Waals surface area contributed by atoms with E-state index in [-0.39, 0.29) is 0 Å². The van der Waals surface area contributed by atoms with Crippen LogP contribution in [0.5, 0.6) is 5.75 Å². The third kappa shape index (κ3) is 1.51. The molecule has 0 aromatic heterocycles. The lowest BCUT2D eigenvalue weighted by Gasteiger charge is -2.16. The number of benzene rings is 1. The van der Waals surface area contributed by atoms with Gasteiger partial charge in [0.2, 0.25) is 0 Å². The number of carbonyl (C=O) groups excluding carboxylic acids is 1. The molecule has 5 heteroatoms. The van der Waals surface area contributed by atoms with Crippen LogP contribution in [0.4, 0.5) is 10.5 Å². The molecule has 5 nitrogen and oxygen atoms in total. The Labute approximate surface area is 110 Å². The minimum Gasteiger partial charge on any atom is -0.410 e. The number of aliphatic imine (C=N–C) groups is 2. The Morgan fingerprint density at radius 3 is 2.63 bits per heavy atom. The van der Waals surface area contributed by atoms with Crippen molar-refractivity contribution in [3.8, 4) is 5.75 Å². The van der Waals surface area contributed by atoms with Crippen molar-refractivity contribution < 1.29 is 9.53 Å². The fourth-order valence-corrected chi connectivity index (χ4v) is 2.55. The van der Waals surface area contributed by atoms with Crippen LogP contribution in [0.3, 0.4) is 0 Å². The Bertz CT molecular complexity index is 712. The van der Waals surface area contributed by atoms with Gasteiger partial charge in [0, 0.05) is 22.9 Å². The Balaban J connectivity index is 2.28. The number of fused-ring (bicyclic) bond motifs is 3. The van der Waals surface area contributed by atoms with E-state index in [0.29, 0.717) is 5.75 Å². The fraction of sp³-hybridized carbons (Fsp3) is 0.214. The average Bonchev–Trinajstić information content (AvgIpc) is 2.91. The molecule has 0 unspecified atom stereocenters. The van der Waals surface area contributed by atoms with Crippen LogP contribution in [-0.4, -0.2) is 18.1 Å². The van der Waals surface area contributed by atoms with Gasteiger partial charge in [0.15, 0.2) is 5.84 Å². The normalized spacial score (nSPS) is 14.9. The molecule has 19 heavy (non-hydrogen) atoms. The number of hydrogen-bond donors (Lipinski definition) is 1. The second kappa shape index (κ2) is 3.78. The number of hydrogen-bond acceptors (Lipinski definition) is 4. The van der Waals surface area contributed by atoms with Gasteiger partial charge in [0.05, 0.1) is 5.69 Å². The molecule has 3 rings (SSSR count). The van der Waals surface area contributed by atoms with Crippen molar-refractivity contribution in [1.29, 1.82) is 0 Å². The maximum Gasteiger partial charge on any atom is 0.409 e. The van der Waals surface area contributed by atoms with E-state index in [2.05, 4.69) is 9.98 Å². The first-order valence-corrected chi connectivity index (χ1v) is 5.95. The molecule has 0 aliphatic carbocycles. The molecular formula is C14H13N3O2. The van der Waals surface area contributed by atoms with Crippen molar-refractivity contribution in [1.82, 2.24) is 0 Å². The van der Waals surface area contributed by atoms with Gasteiger partial charge in [-0.05, 0) is 38.0 Å². The van der Waals surface area contributed by atoms with Crippen LogP contribution in [0.15, 0.2) is 16.1 Å². The zero-order chi connectivity index (χ0) is 13.7. The van der Waals surface area contributed by atoms with Crippen molar-refractivity contribution in [2.45, 2.75) is 20.8 Å².